The highest BCUT2D eigenvalue weighted by atomic mass is 16.4. The van der Waals surface area contributed by atoms with Crippen molar-refractivity contribution in [2.75, 3.05) is 6.54 Å². The van der Waals surface area contributed by atoms with E-state index in [1.165, 1.54) is 23.4 Å². The van der Waals surface area contributed by atoms with Gasteiger partial charge in [0.05, 0.1) is 12.4 Å². The van der Waals surface area contributed by atoms with E-state index in [-0.39, 0.29) is 30.9 Å². The Kier molecular flexibility index (Phi) is 9.83. The van der Waals surface area contributed by atoms with Gasteiger partial charge in [-0.1, -0.05) is 26.0 Å². The summed E-state index contributed by atoms with van der Waals surface area (Å²) < 4.78 is 0. The molecule has 12 heteroatoms. The number of amides is 3. The summed E-state index contributed by atoms with van der Waals surface area (Å²) >= 11 is 0. The molecule has 38 heavy (non-hydrogen) atoms. The zero-order valence-electron chi connectivity index (χ0n) is 21.6. The van der Waals surface area contributed by atoms with Crippen LogP contribution in [0, 0.1) is 5.92 Å². The summed E-state index contributed by atoms with van der Waals surface area (Å²) in [5.41, 5.74) is 7.44. The third-order valence-corrected chi connectivity index (χ3v) is 6.48. The fourth-order valence-electron chi connectivity index (χ4n) is 4.54. The van der Waals surface area contributed by atoms with Crippen molar-refractivity contribution < 1.29 is 29.4 Å². The van der Waals surface area contributed by atoms with Crippen LogP contribution >= 0.6 is 0 Å². The second kappa shape index (κ2) is 13.0. The van der Waals surface area contributed by atoms with E-state index >= 15 is 0 Å². The van der Waals surface area contributed by atoms with E-state index in [0.29, 0.717) is 30.6 Å². The predicted octanol–water partition coefficient (Wildman–Crippen LogP) is 0.319. The maximum absolute atomic E-state index is 13.7. The predicted molar refractivity (Wildman–Crippen MR) is 138 cm³/mol. The molecule has 1 aromatic carbocycles. The second-order valence-electron chi connectivity index (χ2n) is 10.0. The van der Waals surface area contributed by atoms with Gasteiger partial charge in [0, 0.05) is 31.3 Å². The Bertz CT molecular complexity index is 1100. The average molecular weight is 529 g/mol. The monoisotopic (exact) mass is 528 g/mol. The third kappa shape index (κ3) is 7.78. The zero-order chi connectivity index (χ0) is 27.8. The van der Waals surface area contributed by atoms with Crippen molar-refractivity contribution in [1.82, 2.24) is 25.5 Å². The van der Waals surface area contributed by atoms with E-state index in [9.17, 15) is 29.4 Å². The smallest absolute Gasteiger partial charge is 0.326 e. The Morgan fingerprint density at radius 2 is 1.84 bits per heavy atom. The Morgan fingerprint density at radius 3 is 2.45 bits per heavy atom. The second-order valence-corrected chi connectivity index (χ2v) is 10.0. The van der Waals surface area contributed by atoms with Gasteiger partial charge in [-0.25, -0.2) is 9.78 Å². The Hall–Kier alpha value is -3.93. The molecular weight excluding hydrogens is 492 g/mol. The molecule has 3 rings (SSSR count). The minimum absolute atomic E-state index is 0.0496. The van der Waals surface area contributed by atoms with Crippen LogP contribution in [0.2, 0.25) is 0 Å². The number of carbonyl (C=O) groups is 4. The molecule has 0 bridgehead atoms. The maximum Gasteiger partial charge on any atom is 0.326 e. The summed E-state index contributed by atoms with van der Waals surface area (Å²) in [4.78, 5) is 59.6. The summed E-state index contributed by atoms with van der Waals surface area (Å²) in [5, 5.41) is 24.5. The third-order valence-electron chi connectivity index (χ3n) is 6.48. The standard InChI is InChI=1S/C26H36N6O6/c1-15(2)10-21(26(37)38)31-24(35)22-4-3-9-32(22)25(36)20(11-16-5-7-18(33)8-6-16)30-23(34)19(27)12-17-13-28-14-29-17/h5-8,13-15,19-22,33H,3-4,9-12,27H2,1-2H3,(H,28,29)(H,30,34)(H,31,35)(H,37,38). The van der Waals surface area contributed by atoms with Gasteiger partial charge in [0.2, 0.25) is 17.7 Å². The van der Waals surface area contributed by atoms with Crippen molar-refractivity contribution in [1.29, 1.82) is 0 Å². The number of benzene rings is 1. The first-order valence-electron chi connectivity index (χ1n) is 12.7. The molecule has 206 valence electrons. The number of nitrogens with two attached hydrogens (primary N) is 1. The number of likely N-dealkylation sites (tertiary alicyclic amines) is 1. The first-order valence-corrected chi connectivity index (χ1v) is 12.7. The number of hydrogen-bond donors (Lipinski definition) is 6. The van der Waals surface area contributed by atoms with Gasteiger partial charge >= 0.3 is 5.97 Å². The average Bonchev–Trinajstić information content (AvgIpc) is 3.56. The number of imidazole rings is 1. The van der Waals surface area contributed by atoms with Crippen molar-refractivity contribution in [2.24, 2.45) is 11.7 Å². The number of phenolic OH excluding ortho intramolecular Hbond substituents is 1. The molecule has 4 unspecified atom stereocenters. The molecule has 1 fully saturated rings. The van der Waals surface area contributed by atoms with Crippen LogP contribution in [0.3, 0.4) is 0 Å². The minimum Gasteiger partial charge on any atom is -0.508 e. The van der Waals surface area contributed by atoms with E-state index in [0.717, 1.165) is 0 Å². The van der Waals surface area contributed by atoms with Gasteiger partial charge in [0.15, 0.2) is 0 Å². The first kappa shape index (κ1) is 28.6. The number of carbonyl (C=O) groups excluding carboxylic acids is 3. The number of hydrogen-bond acceptors (Lipinski definition) is 7. The van der Waals surface area contributed by atoms with Gasteiger partial charge in [-0.05, 0) is 42.9 Å². The maximum atomic E-state index is 13.7. The lowest BCUT2D eigenvalue weighted by Crippen LogP contribution is -2.57. The van der Waals surface area contributed by atoms with Crippen LogP contribution in [0.4, 0.5) is 0 Å². The lowest BCUT2D eigenvalue weighted by molar-refractivity contribution is -0.145. The Morgan fingerprint density at radius 1 is 1.13 bits per heavy atom. The normalized spacial score (nSPS) is 17.6. The quantitative estimate of drug-likeness (QED) is 0.227. The van der Waals surface area contributed by atoms with Crippen molar-refractivity contribution in [2.45, 2.75) is 70.1 Å². The molecule has 0 aliphatic carbocycles. The molecule has 1 aliphatic rings. The van der Waals surface area contributed by atoms with Crippen LogP contribution in [-0.4, -0.2) is 79.5 Å². The van der Waals surface area contributed by atoms with Crippen LogP contribution in [0.15, 0.2) is 36.8 Å². The van der Waals surface area contributed by atoms with Gasteiger partial charge in [0.1, 0.15) is 23.9 Å². The number of carboxylic acids is 1. The molecular formula is C26H36N6O6. The summed E-state index contributed by atoms with van der Waals surface area (Å²) in [6, 6.07) is 2.36. The summed E-state index contributed by atoms with van der Waals surface area (Å²) in [5.74, 6) is -2.56. The molecule has 1 aromatic heterocycles. The lowest BCUT2D eigenvalue weighted by Gasteiger charge is -2.30. The number of carboxylic acid groups (broad SMARTS) is 1. The minimum atomic E-state index is -1.13. The van der Waals surface area contributed by atoms with E-state index in [2.05, 4.69) is 20.6 Å². The number of aliphatic carboxylic acids is 1. The fourth-order valence-corrected chi connectivity index (χ4v) is 4.54. The topological polar surface area (TPSA) is 191 Å². The molecule has 0 saturated carbocycles. The molecule has 3 amide bonds. The van der Waals surface area contributed by atoms with Gasteiger partial charge < -0.3 is 36.5 Å². The number of aromatic amines is 1. The SMILES string of the molecule is CC(C)CC(NC(=O)C1CCCN1C(=O)C(Cc1ccc(O)cc1)NC(=O)C(N)Cc1cnc[nH]1)C(=O)O. The number of H-pyrrole nitrogens is 1. The van der Waals surface area contributed by atoms with E-state index < -0.39 is 47.9 Å². The molecule has 0 spiro atoms. The number of phenols is 1. The fraction of sp³-hybridized carbons (Fsp3) is 0.500. The van der Waals surface area contributed by atoms with Crippen LogP contribution in [0.1, 0.15) is 44.4 Å². The number of rotatable bonds is 12. The molecule has 12 nitrogen and oxygen atoms in total. The highest BCUT2D eigenvalue weighted by Crippen LogP contribution is 2.21. The highest BCUT2D eigenvalue weighted by Gasteiger charge is 2.39. The molecule has 0 radical (unpaired) electrons. The molecule has 1 aliphatic heterocycles. The summed E-state index contributed by atoms with van der Waals surface area (Å²) in [6.07, 6.45) is 4.53. The molecule has 1 saturated heterocycles. The highest BCUT2D eigenvalue weighted by molar-refractivity contribution is 5.94. The van der Waals surface area contributed by atoms with Gasteiger partial charge in [-0.15, -0.1) is 0 Å². The van der Waals surface area contributed by atoms with E-state index in [4.69, 9.17) is 5.73 Å². The van der Waals surface area contributed by atoms with Crippen molar-refractivity contribution in [3.05, 3.63) is 48.0 Å². The molecule has 7 N–H and O–H groups in total. The van der Waals surface area contributed by atoms with E-state index in [1.54, 1.807) is 18.3 Å². The van der Waals surface area contributed by atoms with E-state index in [1.807, 2.05) is 13.8 Å². The van der Waals surface area contributed by atoms with Crippen molar-refractivity contribution in [3.8, 4) is 5.75 Å². The largest absolute Gasteiger partial charge is 0.508 e. The van der Waals surface area contributed by atoms with Crippen LogP contribution in [0.5, 0.6) is 5.75 Å². The number of nitrogens with zero attached hydrogens (tertiary/aromatic N) is 2. The van der Waals surface area contributed by atoms with Gasteiger partial charge in [-0.2, -0.15) is 0 Å². The summed E-state index contributed by atoms with van der Waals surface area (Å²) in [6.45, 7) is 4.02. The number of aromatic nitrogens is 2. The zero-order valence-corrected chi connectivity index (χ0v) is 21.6. The Labute approximate surface area is 221 Å². The van der Waals surface area contributed by atoms with Crippen molar-refractivity contribution in [3.63, 3.8) is 0 Å². The summed E-state index contributed by atoms with van der Waals surface area (Å²) in [7, 11) is 0. The van der Waals surface area contributed by atoms with Crippen molar-refractivity contribution >= 4 is 23.7 Å². The lowest BCUT2D eigenvalue weighted by atomic mass is 10.0. The first-order chi connectivity index (χ1) is 18.0. The molecule has 2 heterocycles. The number of aromatic hydroxyl groups is 1. The van der Waals surface area contributed by atoms with Crippen LogP contribution in [-0.2, 0) is 32.0 Å². The van der Waals surface area contributed by atoms with Gasteiger partial charge in [-0.3, -0.25) is 14.4 Å². The van der Waals surface area contributed by atoms with Gasteiger partial charge in [0.25, 0.3) is 0 Å². The molecule has 2 aromatic rings. The molecule has 4 atom stereocenters. The number of nitrogens with one attached hydrogen (secondary N) is 3. The Balaban J connectivity index is 1.77. The van der Waals surface area contributed by atoms with Crippen LogP contribution < -0.4 is 16.4 Å². The van der Waals surface area contributed by atoms with Crippen LogP contribution in [0.25, 0.3) is 0 Å².